The van der Waals surface area contributed by atoms with E-state index in [2.05, 4.69) is 20.8 Å². The highest BCUT2D eigenvalue weighted by Gasteiger charge is 2.14. The van der Waals surface area contributed by atoms with Crippen molar-refractivity contribution in [2.24, 2.45) is 11.8 Å². The Hall–Kier alpha value is -0.0151. The minimum Gasteiger partial charge on any atom is -0.427 e. The van der Waals surface area contributed by atoms with Crippen LogP contribution in [-0.4, -0.2) is 17.2 Å². The molecule has 0 spiro atoms. The molecule has 2 atom stereocenters. The molecule has 3 heteroatoms. The van der Waals surface area contributed by atoms with Crippen LogP contribution in [0.25, 0.3) is 0 Å². The van der Waals surface area contributed by atoms with Gasteiger partial charge in [0, 0.05) is 0 Å². The van der Waals surface area contributed by atoms with E-state index in [0.717, 1.165) is 12.3 Å². The third-order valence-corrected chi connectivity index (χ3v) is 2.96. The maximum absolute atomic E-state index is 8.80. The molecular weight excluding hydrogens is 175 g/mol. The zero-order valence-electron chi connectivity index (χ0n) is 9.87. The molecule has 0 aliphatic heterocycles. The third kappa shape index (κ3) is 7.39. The first-order chi connectivity index (χ1) is 6.60. The van der Waals surface area contributed by atoms with Crippen LogP contribution in [0, 0.1) is 11.8 Å². The van der Waals surface area contributed by atoms with Crippen LogP contribution >= 0.6 is 0 Å². The van der Waals surface area contributed by atoms with Gasteiger partial charge in [-0.1, -0.05) is 52.9 Å². The highest BCUT2D eigenvalue weighted by Crippen LogP contribution is 2.22. The maximum Gasteiger partial charge on any atom is 0.451 e. The Balaban J connectivity index is 3.56. The van der Waals surface area contributed by atoms with Gasteiger partial charge in [-0.3, -0.25) is 0 Å². The van der Waals surface area contributed by atoms with Crippen LogP contribution in [0.15, 0.2) is 0 Å². The lowest BCUT2D eigenvalue weighted by Crippen LogP contribution is -2.15. The van der Waals surface area contributed by atoms with Gasteiger partial charge in [0.05, 0.1) is 0 Å². The van der Waals surface area contributed by atoms with Crippen molar-refractivity contribution in [1.29, 1.82) is 0 Å². The summed E-state index contributed by atoms with van der Waals surface area (Å²) in [5, 5.41) is 17.6. The van der Waals surface area contributed by atoms with Crippen LogP contribution in [0.1, 0.15) is 52.9 Å². The summed E-state index contributed by atoms with van der Waals surface area (Å²) in [6.45, 7) is 6.56. The summed E-state index contributed by atoms with van der Waals surface area (Å²) in [5.74, 6) is 1.26. The van der Waals surface area contributed by atoms with E-state index in [0.29, 0.717) is 12.2 Å². The summed E-state index contributed by atoms with van der Waals surface area (Å²) in [4.78, 5) is 0. The van der Waals surface area contributed by atoms with Crippen molar-refractivity contribution in [3.63, 3.8) is 0 Å². The normalized spacial score (nSPS) is 15.2. The fourth-order valence-electron chi connectivity index (χ4n) is 1.96. The number of hydrogen-bond donors (Lipinski definition) is 2. The molecule has 0 heterocycles. The van der Waals surface area contributed by atoms with Gasteiger partial charge in [-0.05, 0) is 18.2 Å². The monoisotopic (exact) mass is 200 g/mol. The molecule has 2 nitrogen and oxygen atoms in total. The Kier molecular flexibility index (Phi) is 8.30. The first-order valence-corrected chi connectivity index (χ1v) is 5.96. The molecule has 0 saturated carbocycles. The first-order valence-electron chi connectivity index (χ1n) is 5.96. The molecule has 0 aliphatic carbocycles. The molecule has 0 rings (SSSR count). The Labute approximate surface area is 88.9 Å². The van der Waals surface area contributed by atoms with Crippen molar-refractivity contribution in [3.8, 4) is 0 Å². The summed E-state index contributed by atoms with van der Waals surface area (Å²) in [6, 6.07) is 0. The van der Waals surface area contributed by atoms with Gasteiger partial charge in [-0.15, -0.1) is 0 Å². The molecule has 0 amide bonds. The van der Waals surface area contributed by atoms with E-state index in [-0.39, 0.29) is 0 Å². The summed E-state index contributed by atoms with van der Waals surface area (Å²) in [7, 11) is -1.13. The van der Waals surface area contributed by atoms with Crippen molar-refractivity contribution in [2.75, 3.05) is 0 Å². The zero-order valence-corrected chi connectivity index (χ0v) is 9.87. The second kappa shape index (κ2) is 8.31. The van der Waals surface area contributed by atoms with Gasteiger partial charge in [0.25, 0.3) is 0 Å². The molecule has 0 saturated heterocycles. The minimum absolute atomic E-state index is 0.431. The average molecular weight is 200 g/mol. The Morgan fingerprint density at radius 3 is 2.14 bits per heavy atom. The van der Waals surface area contributed by atoms with E-state index in [4.69, 9.17) is 10.0 Å². The van der Waals surface area contributed by atoms with Crippen LogP contribution in [0.4, 0.5) is 0 Å². The van der Waals surface area contributed by atoms with Gasteiger partial charge in [0.2, 0.25) is 0 Å². The second-order valence-electron chi connectivity index (χ2n) is 4.46. The fraction of sp³-hybridized carbons (Fsp3) is 1.00. The van der Waals surface area contributed by atoms with E-state index < -0.39 is 7.12 Å². The van der Waals surface area contributed by atoms with Gasteiger partial charge < -0.3 is 10.0 Å². The van der Waals surface area contributed by atoms with Crippen LogP contribution in [0.3, 0.4) is 0 Å². The van der Waals surface area contributed by atoms with Crippen molar-refractivity contribution >= 4 is 7.12 Å². The van der Waals surface area contributed by atoms with Crippen molar-refractivity contribution in [3.05, 3.63) is 0 Å². The lowest BCUT2D eigenvalue weighted by molar-refractivity contribution is 0.358. The van der Waals surface area contributed by atoms with Gasteiger partial charge in [0.15, 0.2) is 0 Å². The van der Waals surface area contributed by atoms with Crippen molar-refractivity contribution in [2.45, 2.75) is 59.2 Å². The largest absolute Gasteiger partial charge is 0.451 e. The van der Waals surface area contributed by atoms with Gasteiger partial charge in [0.1, 0.15) is 0 Å². The molecule has 0 bridgehead atoms. The maximum atomic E-state index is 8.80. The Morgan fingerprint density at radius 1 is 1.07 bits per heavy atom. The SMILES string of the molecule is CCCC(CC)CCC(C)CB(O)O. The quantitative estimate of drug-likeness (QED) is 0.591. The van der Waals surface area contributed by atoms with Crippen molar-refractivity contribution in [1.82, 2.24) is 0 Å². The molecule has 0 aliphatic rings. The molecule has 14 heavy (non-hydrogen) atoms. The van der Waals surface area contributed by atoms with Gasteiger partial charge >= 0.3 is 7.12 Å². The third-order valence-electron chi connectivity index (χ3n) is 2.96. The van der Waals surface area contributed by atoms with Gasteiger partial charge in [-0.2, -0.15) is 0 Å². The minimum atomic E-state index is -1.13. The molecule has 0 aromatic rings. The molecule has 0 fully saturated rings. The summed E-state index contributed by atoms with van der Waals surface area (Å²) in [5.41, 5.74) is 0. The molecular formula is C11H25BO2. The van der Waals surface area contributed by atoms with E-state index >= 15 is 0 Å². The van der Waals surface area contributed by atoms with E-state index in [9.17, 15) is 0 Å². The average Bonchev–Trinajstić information content (AvgIpc) is 2.11. The number of hydrogen-bond acceptors (Lipinski definition) is 2. The van der Waals surface area contributed by atoms with E-state index in [1.807, 2.05) is 0 Å². The molecule has 0 aromatic heterocycles. The number of rotatable bonds is 8. The zero-order chi connectivity index (χ0) is 11.0. The van der Waals surface area contributed by atoms with Gasteiger partial charge in [-0.25, -0.2) is 0 Å². The molecule has 0 aromatic carbocycles. The predicted octanol–water partition coefficient (Wildman–Crippen LogP) is 2.70. The Bertz CT molecular complexity index is 128. The van der Waals surface area contributed by atoms with Crippen molar-refractivity contribution < 1.29 is 10.0 Å². The molecule has 0 radical (unpaired) electrons. The highest BCUT2D eigenvalue weighted by molar-refractivity contribution is 6.41. The first kappa shape index (κ1) is 14.0. The standard InChI is InChI=1S/C11H25BO2/c1-4-6-11(5-2)8-7-10(3)9-12(13)14/h10-11,13-14H,4-9H2,1-3H3. The van der Waals surface area contributed by atoms with Crippen LogP contribution in [0.5, 0.6) is 0 Å². The molecule has 84 valence electrons. The molecule has 2 unspecified atom stereocenters. The van der Waals surface area contributed by atoms with Crippen LogP contribution in [0.2, 0.25) is 6.32 Å². The predicted molar refractivity (Wildman–Crippen MR) is 62.1 cm³/mol. The lowest BCUT2D eigenvalue weighted by atomic mass is 9.76. The fourth-order valence-corrected chi connectivity index (χ4v) is 1.96. The summed E-state index contributed by atoms with van der Waals surface area (Å²) < 4.78 is 0. The smallest absolute Gasteiger partial charge is 0.427 e. The Morgan fingerprint density at radius 2 is 1.71 bits per heavy atom. The van der Waals surface area contributed by atoms with Crippen LogP contribution in [-0.2, 0) is 0 Å². The summed E-state index contributed by atoms with van der Waals surface area (Å²) in [6.07, 6.45) is 6.69. The highest BCUT2D eigenvalue weighted by atomic mass is 16.4. The van der Waals surface area contributed by atoms with E-state index in [1.165, 1.54) is 25.7 Å². The van der Waals surface area contributed by atoms with E-state index in [1.54, 1.807) is 0 Å². The molecule has 2 N–H and O–H groups in total. The second-order valence-corrected chi connectivity index (χ2v) is 4.46. The summed E-state index contributed by atoms with van der Waals surface area (Å²) >= 11 is 0. The lowest BCUT2D eigenvalue weighted by Gasteiger charge is -2.16. The topological polar surface area (TPSA) is 40.5 Å². The van der Waals surface area contributed by atoms with Crippen LogP contribution < -0.4 is 0 Å².